The smallest absolute Gasteiger partial charge is 0.337 e. The van der Waals surface area contributed by atoms with Crippen LogP contribution in [0.3, 0.4) is 0 Å². The molecule has 0 bridgehead atoms. The quantitative estimate of drug-likeness (QED) is 0.693. The SMILES string of the molecule is COC(=O)c1ccc(OC)c(S(=O)(=O)NC[C@@]2(O)CCOC2)c1. The van der Waals surface area contributed by atoms with Gasteiger partial charge < -0.3 is 19.3 Å². The van der Waals surface area contributed by atoms with Crippen LogP contribution in [-0.4, -0.2) is 59.1 Å². The van der Waals surface area contributed by atoms with Gasteiger partial charge in [-0.05, 0) is 18.2 Å². The van der Waals surface area contributed by atoms with Crippen LogP contribution in [0.1, 0.15) is 16.8 Å². The second kappa shape index (κ2) is 6.83. The van der Waals surface area contributed by atoms with Gasteiger partial charge in [0.2, 0.25) is 10.0 Å². The Morgan fingerprint density at radius 2 is 2.17 bits per heavy atom. The molecule has 1 heterocycles. The van der Waals surface area contributed by atoms with Crippen molar-refractivity contribution in [3.05, 3.63) is 23.8 Å². The summed E-state index contributed by atoms with van der Waals surface area (Å²) in [6.45, 7) is 0.245. The summed E-state index contributed by atoms with van der Waals surface area (Å²) in [4.78, 5) is 11.4. The third-order valence-electron chi connectivity index (χ3n) is 3.55. The zero-order valence-electron chi connectivity index (χ0n) is 12.9. The fraction of sp³-hybridized carbons (Fsp3) is 0.500. The average molecular weight is 345 g/mol. The molecule has 1 aromatic carbocycles. The highest BCUT2D eigenvalue weighted by atomic mass is 32.2. The Morgan fingerprint density at radius 1 is 1.43 bits per heavy atom. The van der Waals surface area contributed by atoms with Gasteiger partial charge in [-0.1, -0.05) is 0 Å². The van der Waals surface area contributed by atoms with E-state index in [2.05, 4.69) is 9.46 Å². The minimum atomic E-state index is -3.99. The topological polar surface area (TPSA) is 111 Å². The first kappa shape index (κ1) is 17.7. The monoisotopic (exact) mass is 345 g/mol. The minimum Gasteiger partial charge on any atom is -0.495 e. The zero-order chi connectivity index (χ0) is 17.1. The van der Waals surface area contributed by atoms with Gasteiger partial charge >= 0.3 is 5.97 Å². The molecule has 9 heteroatoms. The molecule has 1 aromatic rings. The maximum atomic E-state index is 12.5. The molecular formula is C14H19NO7S. The maximum Gasteiger partial charge on any atom is 0.337 e. The number of benzene rings is 1. The highest BCUT2D eigenvalue weighted by Crippen LogP contribution is 2.26. The lowest BCUT2D eigenvalue weighted by atomic mass is 10.1. The number of carbonyl (C=O) groups is 1. The van der Waals surface area contributed by atoms with E-state index >= 15 is 0 Å². The number of nitrogens with one attached hydrogen (secondary N) is 1. The Kier molecular flexibility index (Phi) is 5.25. The Labute approximate surface area is 134 Å². The fourth-order valence-electron chi connectivity index (χ4n) is 2.17. The summed E-state index contributed by atoms with van der Waals surface area (Å²) in [5, 5.41) is 10.2. The molecule has 0 spiro atoms. The second-order valence-electron chi connectivity index (χ2n) is 5.21. The molecule has 1 saturated heterocycles. The number of sulfonamides is 1. The van der Waals surface area contributed by atoms with Crippen molar-refractivity contribution in [2.45, 2.75) is 16.9 Å². The predicted octanol–water partition coefficient (Wildman–Crippen LogP) is -0.0885. The van der Waals surface area contributed by atoms with Crippen molar-refractivity contribution in [1.82, 2.24) is 4.72 Å². The van der Waals surface area contributed by atoms with Gasteiger partial charge in [0.25, 0.3) is 0 Å². The molecule has 0 aromatic heterocycles. The van der Waals surface area contributed by atoms with Crippen molar-refractivity contribution in [2.75, 3.05) is 34.0 Å². The van der Waals surface area contributed by atoms with E-state index < -0.39 is 21.6 Å². The molecule has 0 unspecified atom stereocenters. The molecule has 2 N–H and O–H groups in total. The molecule has 128 valence electrons. The van der Waals surface area contributed by atoms with Gasteiger partial charge in [0, 0.05) is 19.6 Å². The number of ether oxygens (including phenoxy) is 3. The summed E-state index contributed by atoms with van der Waals surface area (Å²) in [6, 6.07) is 3.94. The Morgan fingerprint density at radius 3 is 2.74 bits per heavy atom. The van der Waals surface area contributed by atoms with Crippen LogP contribution in [0.25, 0.3) is 0 Å². The highest BCUT2D eigenvalue weighted by Gasteiger charge is 2.34. The predicted molar refractivity (Wildman–Crippen MR) is 79.9 cm³/mol. The van der Waals surface area contributed by atoms with E-state index in [1.807, 2.05) is 0 Å². The first-order chi connectivity index (χ1) is 10.8. The van der Waals surface area contributed by atoms with Gasteiger partial charge in [0.05, 0.1) is 26.4 Å². The van der Waals surface area contributed by atoms with E-state index in [4.69, 9.17) is 9.47 Å². The van der Waals surface area contributed by atoms with Gasteiger partial charge in [0.1, 0.15) is 16.2 Å². The lowest BCUT2D eigenvalue weighted by molar-refractivity contribution is 0.0314. The summed E-state index contributed by atoms with van der Waals surface area (Å²) in [5.74, 6) is -0.577. The summed E-state index contributed by atoms with van der Waals surface area (Å²) < 4.78 is 42.0. The van der Waals surface area contributed by atoms with E-state index in [1.165, 1.54) is 32.4 Å². The van der Waals surface area contributed by atoms with E-state index in [0.717, 1.165) is 0 Å². The molecular weight excluding hydrogens is 326 g/mol. The van der Waals surface area contributed by atoms with Crippen molar-refractivity contribution in [1.29, 1.82) is 0 Å². The van der Waals surface area contributed by atoms with Crippen LogP contribution in [0, 0.1) is 0 Å². The molecule has 0 saturated carbocycles. The van der Waals surface area contributed by atoms with E-state index in [1.54, 1.807) is 0 Å². The molecule has 0 aliphatic carbocycles. The van der Waals surface area contributed by atoms with Crippen LogP contribution in [0.4, 0.5) is 0 Å². The molecule has 2 rings (SSSR count). The van der Waals surface area contributed by atoms with Gasteiger partial charge in [-0.3, -0.25) is 0 Å². The standard InChI is InChI=1S/C14H19NO7S/c1-20-11-4-3-10(13(16)21-2)7-12(11)23(18,19)15-8-14(17)5-6-22-9-14/h3-4,7,15,17H,5-6,8-9H2,1-2H3/t14-/m0/s1. The Balaban J connectivity index is 2.28. The van der Waals surface area contributed by atoms with Crippen LogP contribution >= 0.6 is 0 Å². The normalized spacial score (nSPS) is 21.2. The van der Waals surface area contributed by atoms with Crippen molar-refractivity contribution in [3.63, 3.8) is 0 Å². The summed E-state index contributed by atoms with van der Waals surface area (Å²) >= 11 is 0. The third-order valence-corrected chi connectivity index (χ3v) is 4.97. The molecule has 1 aliphatic heterocycles. The summed E-state index contributed by atoms with van der Waals surface area (Å²) in [6.07, 6.45) is 0.342. The van der Waals surface area contributed by atoms with Gasteiger partial charge in [-0.25, -0.2) is 17.9 Å². The lowest BCUT2D eigenvalue weighted by Gasteiger charge is -2.21. The largest absolute Gasteiger partial charge is 0.495 e. The van der Waals surface area contributed by atoms with E-state index in [-0.39, 0.29) is 29.4 Å². The molecule has 8 nitrogen and oxygen atoms in total. The first-order valence-corrected chi connectivity index (χ1v) is 8.36. The molecule has 1 aliphatic rings. The average Bonchev–Trinajstić information content (AvgIpc) is 2.99. The number of hydrogen-bond donors (Lipinski definition) is 2. The van der Waals surface area contributed by atoms with Crippen molar-refractivity contribution in [3.8, 4) is 5.75 Å². The number of carbonyl (C=O) groups excluding carboxylic acids is 1. The van der Waals surface area contributed by atoms with E-state index in [9.17, 15) is 18.3 Å². The molecule has 0 amide bonds. The highest BCUT2D eigenvalue weighted by molar-refractivity contribution is 7.89. The minimum absolute atomic E-state index is 0.0643. The third kappa shape index (κ3) is 3.99. The van der Waals surface area contributed by atoms with Crippen LogP contribution < -0.4 is 9.46 Å². The van der Waals surface area contributed by atoms with Gasteiger partial charge in [-0.15, -0.1) is 0 Å². The molecule has 1 fully saturated rings. The maximum absolute atomic E-state index is 12.5. The Bertz CT molecular complexity index is 680. The van der Waals surface area contributed by atoms with Crippen LogP contribution in [0.5, 0.6) is 5.75 Å². The van der Waals surface area contributed by atoms with Crippen LogP contribution in [0.2, 0.25) is 0 Å². The summed E-state index contributed by atoms with van der Waals surface area (Å²) in [7, 11) is -1.46. The van der Waals surface area contributed by atoms with Gasteiger partial charge in [0.15, 0.2) is 0 Å². The number of rotatable bonds is 6. The fourth-order valence-corrected chi connectivity index (χ4v) is 3.49. The zero-order valence-corrected chi connectivity index (χ0v) is 13.7. The summed E-state index contributed by atoms with van der Waals surface area (Å²) in [5.41, 5.74) is -1.16. The van der Waals surface area contributed by atoms with Crippen molar-refractivity contribution in [2.24, 2.45) is 0 Å². The number of esters is 1. The van der Waals surface area contributed by atoms with Crippen molar-refractivity contribution >= 4 is 16.0 Å². The number of hydrogen-bond acceptors (Lipinski definition) is 7. The number of aliphatic hydroxyl groups is 1. The molecule has 23 heavy (non-hydrogen) atoms. The van der Waals surface area contributed by atoms with Gasteiger partial charge in [-0.2, -0.15) is 0 Å². The Hall–Kier alpha value is -1.68. The number of methoxy groups -OCH3 is 2. The van der Waals surface area contributed by atoms with E-state index in [0.29, 0.717) is 13.0 Å². The molecule has 0 radical (unpaired) electrons. The first-order valence-electron chi connectivity index (χ1n) is 6.87. The van der Waals surface area contributed by atoms with Crippen molar-refractivity contribution < 1.29 is 32.5 Å². The second-order valence-corrected chi connectivity index (χ2v) is 6.94. The molecule has 1 atom stereocenters. The van der Waals surface area contributed by atoms with Crippen LogP contribution in [-0.2, 0) is 19.5 Å². The van der Waals surface area contributed by atoms with Crippen LogP contribution in [0.15, 0.2) is 23.1 Å². The lowest BCUT2D eigenvalue weighted by Crippen LogP contribution is -2.43.